The van der Waals surface area contributed by atoms with E-state index in [1.165, 1.54) is 12.1 Å². The van der Waals surface area contributed by atoms with Crippen molar-refractivity contribution in [2.24, 2.45) is 5.84 Å². The topological polar surface area (TPSA) is 50.5 Å². The molecule has 1 saturated heterocycles. The van der Waals surface area contributed by atoms with Gasteiger partial charge >= 0.3 is 0 Å². The minimum absolute atomic E-state index is 0.0181. The van der Waals surface area contributed by atoms with Crippen LogP contribution in [0.25, 0.3) is 0 Å². The number of hydrogen-bond acceptors (Lipinski definition) is 4. The highest BCUT2D eigenvalue weighted by Crippen LogP contribution is 2.24. The van der Waals surface area contributed by atoms with Crippen molar-refractivity contribution in [1.82, 2.24) is 10.3 Å². The Hall–Kier alpha value is -0.600. The third-order valence-electron chi connectivity index (χ3n) is 3.85. The van der Waals surface area contributed by atoms with Crippen LogP contribution in [0.4, 0.5) is 8.78 Å². The van der Waals surface area contributed by atoms with Crippen LogP contribution in [0, 0.1) is 11.6 Å². The molecule has 2 atom stereocenters. The molecule has 7 heteroatoms. The molecule has 2 rings (SSSR count). The quantitative estimate of drug-likeness (QED) is 0.476. The SMILES string of the molecule is CCN1CCOC(C(Cc2c(F)ccc(Br)c2F)NN)C1. The molecule has 1 fully saturated rings. The smallest absolute Gasteiger partial charge is 0.143 e. The number of likely N-dealkylation sites (N-methyl/N-ethyl adjacent to an activating group) is 1. The third-order valence-corrected chi connectivity index (χ3v) is 4.46. The zero-order valence-corrected chi connectivity index (χ0v) is 13.5. The van der Waals surface area contributed by atoms with Crippen LogP contribution in [0.2, 0.25) is 0 Å². The van der Waals surface area contributed by atoms with E-state index in [0.717, 1.165) is 13.1 Å². The molecule has 1 aromatic rings. The predicted molar refractivity (Wildman–Crippen MR) is 80.7 cm³/mol. The van der Waals surface area contributed by atoms with Gasteiger partial charge in [-0.15, -0.1) is 0 Å². The standard InChI is InChI=1S/C14H20BrF2N3O/c1-2-20-5-6-21-13(8-20)12(19-18)7-9-11(16)4-3-10(15)14(9)17/h3-4,12-13,19H,2,5-8,18H2,1H3. The van der Waals surface area contributed by atoms with Gasteiger partial charge in [-0.3, -0.25) is 16.2 Å². The van der Waals surface area contributed by atoms with Gasteiger partial charge in [0.15, 0.2) is 0 Å². The van der Waals surface area contributed by atoms with Crippen molar-refractivity contribution >= 4 is 15.9 Å². The van der Waals surface area contributed by atoms with Gasteiger partial charge in [-0.25, -0.2) is 8.78 Å². The highest BCUT2D eigenvalue weighted by atomic mass is 79.9. The van der Waals surface area contributed by atoms with E-state index in [4.69, 9.17) is 10.6 Å². The molecule has 0 aromatic heterocycles. The maximum absolute atomic E-state index is 14.1. The molecular weight excluding hydrogens is 344 g/mol. The van der Waals surface area contributed by atoms with E-state index in [1.54, 1.807) is 0 Å². The summed E-state index contributed by atoms with van der Waals surface area (Å²) in [5.74, 6) is 4.42. The van der Waals surface area contributed by atoms with Crippen LogP contribution in [0.5, 0.6) is 0 Å². The molecule has 1 aliphatic heterocycles. The van der Waals surface area contributed by atoms with Crippen molar-refractivity contribution in [3.8, 4) is 0 Å². The second kappa shape index (κ2) is 7.60. The van der Waals surface area contributed by atoms with Crippen molar-refractivity contribution in [1.29, 1.82) is 0 Å². The number of hydrogen-bond donors (Lipinski definition) is 2. The highest BCUT2D eigenvalue weighted by molar-refractivity contribution is 9.10. The molecule has 1 aromatic carbocycles. The van der Waals surface area contributed by atoms with Gasteiger partial charge in [0.2, 0.25) is 0 Å². The predicted octanol–water partition coefficient (Wildman–Crippen LogP) is 1.82. The van der Waals surface area contributed by atoms with Gasteiger partial charge in [0, 0.05) is 18.7 Å². The second-order valence-corrected chi connectivity index (χ2v) is 5.96. The van der Waals surface area contributed by atoms with Gasteiger partial charge in [0.05, 0.1) is 23.2 Å². The van der Waals surface area contributed by atoms with E-state index < -0.39 is 11.6 Å². The van der Waals surface area contributed by atoms with E-state index in [1.807, 2.05) is 0 Å². The summed E-state index contributed by atoms with van der Waals surface area (Å²) in [6.07, 6.45) is -0.0583. The molecular formula is C14H20BrF2N3O. The fourth-order valence-corrected chi connectivity index (χ4v) is 2.91. The zero-order valence-electron chi connectivity index (χ0n) is 11.9. The number of ether oxygens (including phenoxy) is 1. The Balaban J connectivity index is 2.14. The number of nitrogens with two attached hydrogens (primary N) is 1. The molecule has 1 heterocycles. The highest BCUT2D eigenvalue weighted by Gasteiger charge is 2.29. The third kappa shape index (κ3) is 3.98. The van der Waals surface area contributed by atoms with E-state index in [0.29, 0.717) is 13.2 Å². The Morgan fingerprint density at radius 1 is 1.52 bits per heavy atom. The van der Waals surface area contributed by atoms with Crippen LogP contribution < -0.4 is 11.3 Å². The lowest BCUT2D eigenvalue weighted by Gasteiger charge is -2.36. The summed E-state index contributed by atoms with van der Waals surface area (Å²) in [7, 11) is 0. The molecule has 0 saturated carbocycles. The van der Waals surface area contributed by atoms with Crippen LogP contribution in [-0.2, 0) is 11.2 Å². The summed E-state index contributed by atoms with van der Waals surface area (Å²) in [6, 6.07) is 2.25. The Morgan fingerprint density at radius 2 is 2.29 bits per heavy atom. The largest absolute Gasteiger partial charge is 0.374 e. The molecule has 2 unspecified atom stereocenters. The Kier molecular flexibility index (Phi) is 6.07. The molecule has 118 valence electrons. The molecule has 0 bridgehead atoms. The molecule has 0 radical (unpaired) electrons. The lowest BCUT2D eigenvalue weighted by atomic mass is 9.99. The summed E-state index contributed by atoms with van der Waals surface area (Å²) >= 11 is 3.08. The normalized spacial score (nSPS) is 21.5. The number of halogens is 3. The van der Waals surface area contributed by atoms with E-state index in [-0.39, 0.29) is 28.6 Å². The number of rotatable bonds is 5. The van der Waals surface area contributed by atoms with E-state index in [2.05, 4.69) is 33.2 Å². The fraction of sp³-hybridized carbons (Fsp3) is 0.571. The minimum Gasteiger partial charge on any atom is -0.374 e. The fourth-order valence-electron chi connectivity index (χ4n) is 2.54. The van der Waals surface area contributed by atoms with Crippen LogP contribution in [0.3, 0.4) is 0 Å². The van der Waals surface area contributed by atoms with Gasteiger partial charge in [0.1, 0.15) is 11.6 Å². The Morgan fingerprint density at radius 3 is 2.95 bits per heavy atom. The molecule has 21 heavy (non-hydrogen) atoms. The first-order valence-electron chi connectivity index (χ1n) is 6.99. The van der Waals surface area contributed by atoms with Crippen LogP contribution in [0.15, 0.2) is 16.6 Å². The van der Waals surface area contributed by atoms with Crippen molar-refractivity contribution < 1.29 is 13.5 Å². The molecule has 4 nitrogen and oxygen atoms in total. The molecule has 0 amide bonds. The first kappa shape index (κ1) is 16.8. The average Bonchev–Trinajstić information content (AvgIpc) is 2.51. The summed E-state index contributed by atoms with van der Waals surface area (Å²) in [6.45, 7) is 5.14. The molecule has 0 aliphatic carbocycles. The molecule has 0 spiro atoms. The summed E-state index contributed by atoms with van der Waals surface area (Å²) in [5.41, 5.74) is 2.66. The summed E-state index contributed by atoms with van der Waals surface area (Å²) < 4.78 is 33.9. The first-order valence-corrected chi connectivity index (χ1v) is 7.78. The molecule has 1 aliphatic rings. The van der Waals surface area contributed by atoms with Gasteiger partial charge in [-0.05, 0) is 41.0 Å². The lowest BCUT2D eigenvalue weighted by Crippen LogP contribution is -2.54. The van der Waals surface area contributed by atoms with Crippen LogP contribution >= 0.6 is 15.9 Å². The number of benzene rings is 1. The molecule has 3 N–H and O–H groups in total. The van der Waals surface area contributed by atoms with Crippen molar-refractivity contribution in [3.63, 3.8) is 0 Å². The number of morpholine rings is 1. The van der Waals surface area contributed by atoms with Crippen LogP contribution in [-0.4, -0.2) is 43.3 Å². The van der Waals surface area contributed by atoms with Crippen molar-refractivity contribution in [2.75, 3.05) is 26.2 Å². The lowest BCUT2D eigenvalue weighted by molar-refractivity contribution is -0.0450. The van der Waals surface area contributed by atoms with Gasteiger partial charge in [-0.1, -0.05) is 6.92 Å². The number of nitrogens with one attached hydrogen (secondary N) is 1. The first-order chi connectivity index (χ1) is 10.1. The van der Waals surface area contributed by atoms with Gasteiger partial charge in [-0.2, -0.15) is 0 Å². The van der Waals surface area contributed by atoms with Crippen molar-refractivity contribution in [3.05, 3.63) is 33.8 Å². The maximum atomic E-state index is 14.1. The number of nitrogens with zero attached hydrogens (tertiary/aromatic N) is 1. The van der Waals surface area contributed by atoms with E-state index in [9.17, 15) is 8.78 Å². The maximum Gasteiger partial charge on any atom is 0.143 e. The average molecular weight is 364 g/mol. The summed E-state index contributed by atoms with van der Waals surface area (Å²) in [4.78, 5) is 2.23. The monoisotopic (exact) mass is 363 g/mol. The van der Waals surface area contributed by atoms with Crippen molar-refractivity contribution in [2.45, 2.75) is 25.5 Å². The Bertz CT molecular complexity index is 490. The zero-order chi connectivity index (χ0) is 15.4. The van der Waals surface area contributed by atoms with Crippen LogP contribution in [0.1, 0.15) is 12.5 Å². The number of hydrazine groups is 1. The second-order valence-electron chi connectivity index (χ2n) is 5.10. The Labute approximate surface area is 131 Å². The van der Waals surface area contributed by atoms with Gasteiger partial charge in [0.25, 0.3) is 0 Å². The van der Waals surface area contributed by atoms with Gasteiger partial charge < -0.3 is 4.74 Å². The minimum atomic E-state index is -0.585. The summed E-state index contributed by atoms with van der Waals surface area (Å²) in [5, 5.41) is 0. The van der Waals surface area contributed by atoms with E-state index >= 15 is 0 Å².